The summed E-state index contributed by atoms with van der Waals surface area (Å²) in [7, 11) is 0. The third-order valence-corrected chi connectivity index (χ3v) is 3.96. The molecule has 6 nitrogen and oxygen atoms in total. The van der Waals surface area contributed by atoms with Gasteiger partial charge in [-0.25, -0.2) is 4.98 Å². The molecule has 0 aliphatic carbocycles. The number of fused-ring (bicyclic) bond motifs is 2. The van der Waals surface area contributed by atoms with Crippen LogP contribution in [0.3, 0.4) is 0 Å². The summed E-state index contributed by atoms with van der Waals surface area (Å²) in [5.41, 5.74) is 2.01. The van der Waals surface area contributed by atoms with E-state index in [2.05, 4.69) is 9.97 Å². The Morgan fingerprint density at radius 1 is 1.12 bits per heavy atom. The zero-order valence-corrected chi connectivity index (χ0v) is 13.3. The highest BCUT2D eigenvalue weighted by Crippen LogP contribution is 2.36. The summed E-state index contributed by atoms with van der Waals surface area (Å²) in [6, 6.07) is 7.05. The first-order valence-electron chi connectivity index (χ1n) is 7.80. The Hall–Kier alpha value is -2.81. The van der Waals surface area contributed by atoms with Gasteiger partial charge >= 0.3 is 6.18 Å². The second kappa shape index (κ2) is 6.17. The summed E-state index contributed by atoms with van der Waals surface area (Å²) in [5, 5.41) is 9.86. The number of rotatable bonds is 4. The van der Waals surface area contributed by atoms with E-state index in [9.17, 15) is 18.3 Å². The molecule has 1 atom stereocenters. The standard InChI is InChI=1S/C17H13F3N2O4/c18-17(19,20)4-3-11(23)16-22-15-14(26-16)6-10(7-21-15)9-1-2-12-13(5-9)25-8-24-12/h1-2,5-7,11,23H,3-4,8H2. The van der Waals surface area contributed by atoms with E-state index in [-0.39, 0.29) is 23.9 Å². The van der Waals surface area contributed by atoms with Crippen molar-refractivity contribution in [1.82, 2.24) is 9.97 Å². The molecule has 1 aromatic carbocycles. The number of oxazole rings is 1. The summed E-state index contributed by atoms with van der Waals surface area (Å²) in [6.07, 6.45) is -5.88. The van der Waals surface area contributed by atoms with Gasteiger partial charge in [0, 0.05) is 18.2 Å². The normalized spacial score (nSPS) is 14.8. The average molecular weight is 366 g/mol. The van der Waals surface area contributed by atoms with Crippen LogP contribution < -0.4 is 9.47 Å². The Labute approximate surface area is 145 Å². The van der Waals surface area contributed by atoms with Crippen LogP contribution in [0, 0.1) is 0 Å². The van der Waals surface area contributed by atoms with Gasteiger partial charge in [0.1, 0.15) is 6.10 Å². The molecule has 26 heavy (non-hydrogen) atoms. The molecule has 0 saturated carbocycles. The van der Waals surface area contributed by atoms with Crippen molar-refractivity contribution in [1.29, 1.82) is 0 Å². The van der Waals surface area contributed by atoms with E-state index in [0.29, 0.717) is 17.1 Å². The van der Waals surface area contributed by atoms with Crippen LogP contribution in [0.25, 0.3) is 22.4 Å². The van der Waals surface area contributed by atoms with E-state index in [1.807, 2.05) is 6.07 Å². The molecule has 0 bridgehead atoms. The SMILES string of the molecule is OC(CCC(F)(F)F)c1nc2ncc(-c3ccc4c(c3)OCO4)cc2o1. The molecule has 136 valence electrons. The highest BCUT2D eigenvalue weighted by Gasteiger charge is 2.29. The van der Waals surface area contributed by atoms with Crippen LogP contribution in [0.4, 0.5) is 13.2 Å². The van der Waals surface area contributed by atoms with Gasteiger partial charge in [-0.1, -0.05) is 6.07 Å². The Bertz CT molecular complexity index is 955. The third kappa shape index (κ3) is 3.30. The van der Waals surface area contributed by atoms with Gasteiger partial charge in [0.05, 0.1) is 0 Å². The van der Waals surface area contributed by atoms with Crippen LogP contribution >= 0.6 is 0 Å². The van der Waals surface area contributed by atoms with Crippen LogP contribution in [0.15, 0.2) is 34.9 Å². The number of hydrogen-bond acceptors (Lipinski definition) is 6. The lowest BCUT2D eigenvalue weighted by atomic mass is 10.1. The molecular weight excluding hydrogens is 353 g/mol. The van der Waals surface area contributed by atoms with Crippen LogP contribution in [-0.2, 0) is 0 Å². The minimum absolute atomic E-state index is 0.164. The number of aromatic nitrogens is 2. The largest absolute Gasteiger partial charge is 0.454 e. The summed E-state index contributed by atoms with van der Waals surface area (Å²) in [6.45, 7) is 0.164. The molecule has 9 heteroatoms. The minimum atomic E-state index is -4.35. The second-order valence-corrected chi connectivity index (χ2v) is 5.84. The van der Waals surface area contributed by atoms with Gasteiger partial charge in [-0.05, 0) is 30.2 Å². The van der Waals surface area contributed by atoms with Crippen molar-refractivity contribution >= 4 is 11.2 Å². The number of nitrogens with zero attached hydrogens (tertiary/aromatic N) is 2. The lowest BCUT2D eigenvalue weighted by Gasteiger charge is -2.08. The predicted molar refractivity (Wildman–Crippen MR) is 83.6 cm³/mol. The number of hydrogen-bond donors (Lipinski definition) is 1. The van der Waals surface area contributed by atoms with Gasteiger partial charge in [-0.15, -0.1) is 0 Å². The first kappa shape index (κ1) is 16.6. The molecule has 0 saturated heterocycles. The second-order valence-electron chi connectivity index (χ2n) is 5.84. The molecule has 1 aliphatic rings. The number of halogens is 3. The number of aliphatic hydroxyl groups is 1. The Morgan fingerprint density at radius 2 is 1.92 bits per heavy atom. The Kier molecular flexibility index (Phi) is 3.95. The van der Waals surface area contributed by atoms with Gasteiger partial charge in [0.25, 0.3) is 0 Å². The zero-order chi connectivity index (χ0) is 18.3. The van der Waals surface area contributed by atoms with Crippen molar-refractivity contribution in [3.8, 4) is 22.6 Å². The topological polar surface area (TPSA) is 77.6 Å². The van der Waals surface area contributed by atoms with Crippen LogP contribution in [0.2, 0.25) is 0 Å². The molecule has 1 aliphatic heterocycles. The van der Waals surface area contributed by atoms with Crippen molar-refractivity contribution in [2.24, 2.45) is 0 Å². The fourth-order valence-electron chi connectivity index (χ4n) is 2.64. The first-order chi connectivity index (χ1) is 12.4. The smallest absolute Gasteiger partial charge is 0.389 e. The molecule has 2 aromatic heterocycles. The molecule has 1 unspecified atom stereocenters. The lowest BCUT2D eigenvalue weighted by molar-refractivity contribution is -0.140. The number of benzene rings is 1. The highest BCUT2D eigenvalue weighted by atomic mass is 19.4. The summed E-state index contributed by atoms with van der Waals surface area (Å²) in [4.78, 5) is 8.12. The van der Waals surface area contributed by atoms with Crippen molar-refractivity contribution in [3.05, 3.63) is 36.4 Å². The van der Waals surface area contributed by atoms with E-state index in [1.54, 1.807) is 24.4 Å². The van der Waals surface area contributed by atoms with Gasteiger partial charge in [-0.3, -0.25) is 0 Å². The van der Waals surface area contributed by atoms with Crippen molar-refractivity contribution in [3.63, 3.8) is 0 Å². The monoisotopic (exact) mass is 366 g/mol. The fraction of sp³-hybridized carbons (Fsp3) is 0.294. The zero-order valence-electron chi connectivity index (χ0n) is 13.3. The first-order valence-corrected chi connectivity index (χ1v) is 7.80. The van der Waals surface area contributed by atoms with E-state index < -0.39 is 25.1 Å². The molecular formula is C17H13F3N2O4. The van der Waals surface area contributed by atoms with Gasteiger partial charge in [-0.2, -0.15) is 18.2 Å². The molecule has 3 heterocycles. The fourth-order valence-corrected chi connectivity index (χ4v) is 2.64. The van der Waals surface area contributed by atoms with E-state index in [1.165, 1.54) is 0 Å². The maximum Gasteiger partial charge on any atom is 0.389 e. The van der Waals surface area contributed by atoms with Gasteiger partial charge in [0.15, 0.2) is 22.7 Å². The summed E-state index contributed by atoms with van der Waals surface area (Å²) < 4.78 is 52.8. The van der Waals surface area contributed by atoms with E-state index >= 15 is 0 Å². The maximum absolute atomic E-state index is 12.3. The number of alkyl halides is 3. The lowest BCUT2D eigenvalue weighted by Crippen LogP contribution is -2.10. The number of ether oxygens (including phenoxy) is 2. The molecule has 1 N–H and O–H groups in total. The molecule has 0 spiro atoms. The molecule has 0 radical (unpaired) electrons. The van der Waals surface area contributed by atoms with E-state index in [4.69, 9.17) is 13.9 Å². The van der Waals surface area contributed by atoms with Crippen molar-refractivity contribution in [2.45, 2.75) is 25.1 Å². The molecule has 0 fully saturated rings. The predicted octanol–water partition coefficient (Wildman–Crippen LogP) is 3.99. The highest BCUT2D eigenvalue weighted by molar-refractivity contribution is 5.77. The van der Waals surface area contributed by atoms with Gasteiger partial charge in [0.2, 0.25) is 12.7 Å². The molecule has 0 amide bonds. The van der Waals surface area contributed by atoms with Crippen LogP contribution in [-0.4, -0.2) is 28.0 Å². The van der Waals surface area contributed by atoms with Gasteiger partial charge < -0.3 is 19.0 Å². The summed E-state index contributed by atoms with van der Waals surface area (Å²) >= 11 is 0. The maximum atomic E-state index is 12.3. The number of pyridine rings is 1. The Balaban J connectivity index is 1.60. The quantitative estimate of drug-likeness (QED) is 0.752. The minimum Gasteiger partial charge on any atom is -0.454 e. The molecule has 3 aromatic rings. The number of aliphatic hydroxyl groups excluding tert-OH is 1. The summed E-state index contributed by atoms with van der Waals surface area (Å²) in [5.74, 6) is 1.08. The van der Waals surface area contributed by atoms with Crippen molar-refractivity contribution in [2.75, 3.05) is 6.79 Å². The average Bonchev–Trinajstić information content (AvgIpc) is 3.23. The van der Waals surface area contributed by atoms with Crippen LogP contribution in [0.5, 0.6) is 11.5 Å². The third-order valence-electron chi connectivity index (χ3n) is 3.96. The Morgan fingerprint density at radius 3 is 2.73 bits per heavy atom. The van der Waals surface area contributed by atoms with E-state index in [0.717, 1.165) is 5.56 Å². The molecule has 4 rings (SSSR count). The van der Waals surface area contributed by atoms with Crippen molar-refractivity contribution < 1.29 is 32.2 Å². The van der Waals surface area contributed by atoms with Crippen LogP contribution in [0.1, 0.15) is 24.8 Å².